The fourth-order valence-electron chi connectivity index (χ4n) is 3.86. The number of halogens is 2. The monoisotopic (exact) mass is 618 g/mol. The lowest BCUT2D eigenvalue weighted by atomic mass is 9.83. The summed E-state index contributed by atoms with van der Waals surface area (Å²) >= 11 is 7.92. The van der Waals surface area contributed by atoms with Crippen LogP contribution in [-0.4, -0.2) is 30.2 Å². The van der Waals surface area contributed by atoms with Gasteiger partial charge in [0.2, 0.25) is 0 Å². The van der Waals surface area contributed by atoms with Crippen LogP contribution in [0.2, 0.25) is 0 Å². The molecule has 1 aromatic heterocycles. The van der Waals surface area contributed by atoms with E-state index in [1.807, 2.05) is 24.3 Å². The van der Waals surface area contributed by atoms with Gasteiger partial charge in [-0.05, 0) is 48.4 Å². The highest BCUT2D eigenvalue weighted by atomic mass is 79.9. The maximum Gasteiger partial charge on any atom is 0.338 e. The third kappa shape index (κ3) is 4.78. The van der Waals surface area contributed by atoms with Crippen LogP contribution in [-0.2, 0) is 19.1 Å². The quantitative estimate of drug-likeness (QED) is 0.441. The summed E-state index contributed by atoms with van der Waals surface area (Å²) in [6, 6.07) is 14.6. The fourth-order valence-corrected chi connectivity index (χ4v) is 5.56. The first-order chi connectivity index (χ1) is 16.8. The molecule has 7 nitrogen and oxygen atoms in total. The maximum atomic E-state index is 13.5. The smallest absolute Gasteiger partial charge is 0.338 e. The van der Waals surface area contributed by atoms with E-state index in [9.17, 15) is 14.4 Å². The van der Waals surface area contributed by atoms with Crippen LogP contribution >= 0.6 is 43.2 Å². The number of carbonyl (C=O) groups is 2. The van der Waals surface area contributed by atoms with Gasteiger partial charge in [0.05, 0.1) is 35.3 Å². The minimum absolute atomic E-state index is 0.0113. The van der Waals surface area contributed by atoms with Gasteiger partial charge in [-0.1, -0.05) is 56.1 Å². The highest BCUT2D eigenvalue weighted by molar-refractivity contribution is 9.10. The van der Waals surface area contributed by atoms with Crippen LogP contribution in [0.4, 0.5) is 0 Å². The van der Waals surface area contributed by atoms with Gasteiger partial charge in [0.1, 0.15) is 10.5 Å². The van der Waals surface area contributed by atoms with E-state index in [1.54, 1.807) is 37.3 Å². The summed E-state index contributed by atoms with van der Waals surface area (Å²) in [6.45, 7) is 1.77. The van der Waals surface area contributed by atoms with Gasteiger partial charge in [-0.15, -0.1) is 11.3 Å². The molecule has 0 unspecified atom stereocenters. The Bertz CT molecular complexity index is 1520. The molecule has 2 aromatic carbocycles. The van der Waals surface area contributed by atoms with Crippen molar-refractivity contribution in [2.45, 2.75) is 12.8 Å². The standard InChI is InChI=1S/C25H20Br2N2O5S/c1-3-34-25(32)19-18(14-6-10-16(27)11-7-14)20(24(31)33-2)23-29(21(19)28)22(30)17(35-23)12-13-4-8-15(26)9-5-13/h4-12,18H,3,28H2,1-2H3/b17-12-/t18-/m1/s1. The Morgan fingerprint density at radius 3 is 2.20 bits per heavy atom. The fraction of sp³-hybridized carbons (Fsp3) is 0.160. The van der Waals surface area contributed by atoms with Crippen molar-refractivity contribution in [2.75, 3.05) is 13.7 Å². The first-order valence-electron chi connectivity index (χ1n) is 10.5. The highest BCUT2D eigenvalue weighted by Crippen LogP contribution is 2.38. The number of aromatic nitrogens is 1. The molecule has 1 aliphatic heterocycles. The molecule has 180 valence electrons. The molecule has 0 spiro atoms. The Balaban J connectivity index is 2.10. The molecule has 0 saturated carbocycles. The van der Waals surface area contributed by atoms with E-state index < -0.39 is 23.4 Å². The minimum Gasteiger partial charge on any atom is -0.466 e. The van der Waals surface area contributed by atoms with Crippen molar-refractivity contribution < 1.29 is 19.1 Å². The van der Waals surface area contributed by atoms with E-state index in [2.05, 4.69) is 31.9 Å². The number of thiazole rings is 1. The van der Waals surface area contributed by atoms with Gasteiger partial charge < -0.3 is 15.2 Å². The molecule has 0 fully saturated rings. The SMILES string of the molecule is CCOC(=O)C1=C(N)n2c(s/c(=C\c3ccc(Br)cc3)c2=O)=C(C(=O)OC)[C@@H]1c1ccc(Br)cc1. The van der Waals surface area contributed by atoms with Crippen LogP contribution in [0.15, 0.2) is 67.8 Å². The van der Waals surface area contributed by atoms with Crippen molar-refractivity contribution in [3.63, 3.8) is 0 Å². The lowest BCUT2D eigenvalue weighted by Gasteiger charge is -2.26. The maximum absolute atomic E-state index is 13.5. The normalized spacial score (nSPS) is 15.7. The van der Waals surface area contributed by atoms with Gasteiger partial charge in [0.15, 0.2) is 0 Å². The Kier molecular flexibility index (Phi) is 7.44. The largest absolute Gasteiger partial charge is 0.466 e. The second-order valence-electron chi connectivity index (χ2n) is 7.52. The molecule has 1 atom stereocenters. The second kappa shape index (κ2) is 10.3. The zero-order valence-electron chi connectivity index (χ0n) is 18.7. The molecule has 10 heteroatoms. The molecule has 0 aliphatic carbocycles. The first kappa shape index (κ1) is 25.2. The number of esters is 2. The van der Waals surface area contributed by atoms with Crippen molar-refractivity contribution in [1.82, 2.24) is 4.57 Å². The molecule has 0 radical (unpaired) electrons. The van der Waals surface area contributed by atoms with Crippen molar-refractivity contribution in [3.8, 4) is 0 Å². The van der Waals surface area contributed by atoms with Gasteiger partial charge in [0, 0.05) is 8.95 Å². The topological polar surface area (TPSA) is 101 Å². The summed E-state index contributed by atoms with van der Waals surface area (Å²) in [4.78, 5) is 39.7. The number of hydrogen-bond donors (Lipinski definition) is 1. The highest BCUT2D eigenvalue weighted by Gasteiger charge is 2.39. The number of ether oxygens (including phenoxy) is 2. The van der Waals surface area contributed by atoms with E-state index in [0.29, 0.717) is 14.8 Å². The summed E-state index contributed by atoms with van der Waals surface area (Å²) in [5, 5.41) is 0. The number of nitrogens with zero attached hydrogens (tertiary/aromatic N) is 1. The van der Waals surface area contributed by atoms with E-state index in [0.717, 1.165) is 25.8 Å². The van der Waals surface area contributed by atoms with Crippen LogP contribution < -0.4 is 20.5 Å². The van der Waals surface area contributed by atoms with Gasteiger partial charge in [-0.3, -0.25) is 9.36 Å². The predicted molar refractivity (Wildman–Crippen MR) is 142 cm³/mol. The Hall–Kier alpha value is -2.95. The minimum atomic E-state index is -0.881. The molecule has 2 N–H and O–H groups in total. The lowest BCUT2D eigenvalue weighted by molar-refractivity contribution is -0.138. The van der Waals surface area contributed by atoms with Crippen molar-refractivity contribution in [2.24, 2.45) is 5.73 Å². The van der Waals surface area contributed by atoms with Crippen LogP contribution in [0, 0.1) is 0 Å². The van der Waals surface area contributed by atoms with Crippen LogP contribution in [0.1, 0.15) is 24.0 Å². The summed E-state index contributed by atoms with van der Waals surface area (Å²) < 4.78 is 14.0. The summed E-state index contributed by atoms with van der Waals surface area (Å²) in [5.74, 6) is -2.33. The van der Waals surface area contributed by atoms with Gasteiger partial charge in [0.25, 0.3) is 5.56 Å². The van der Waals surface area contributed by atoms with Crippen molar-refractivity contribution in [3.05, 3.63) is 93.7 Å². The Morgan fingerprint density at radius 2 is 1.63 bits per heavy atom. The Morgan fingerprint density at radius 1 is 1.03 bits per heavy atom. The summed E-state index contributed by atoms with van der Waals surface area (Å²) in [7, 11) is 1.25. The molecular formula is C25H20Br2N2O5S. The molecule has 2 heterocycles. The number of rotatable bonds is 5. The number of nitrogens with two attached hydrogens (primary N) is 1. The molecule has 0 saturated heterocycles. The zero-order valence-corrected chi connectivity index (χ0v) is 22.7. The average Bonchev–Trinajstić information content (AvgIpc) is 3.16. The second-order valence-corrected chi connectivity index (χ2v) is 10.4. The van der Waals surface area contributed by atoms with Gasteiger partial charge in [-0.25, -0.2) is 9.59 Å². The van der Waals surface area contributed by atoms with Crippen LogP contribution in [0.25, 0.3) is 17.5 Å². The van der Waals surface area contributed by atoms with Crippen molar-refractivity contribution >= 4 is 72.6 Å². The number of hydrogen-bond acceptors (Lipinski definition) is 7. The molecule has 3 aromatic rings. The number of methoxy groups -OCH3 is 1. The van der Waals surface area contributed by atoms with Gasteiger partial charge >= 0.3 is 11.9 Å². The third-order valence-electron chi connectivity index (χ3n) is 5.42. The average molecular weight is 620 g/mol. The molecule has 4 rings (SSSR count). The number of carbonyl (C=O) groups excluding carboxylic acids is 2. The summed E-state index contributed by atoms with van der Waals surface area (Å²) in [6.07, 6.45) is 1.71. The van der Waals surface area contributed by atoms with Crippen LogP contribution in [0.3, 0.4) is 0 Å². The van der Waals surface area contributed by atoms with Crippen molar-refractivity contribution in [1.29, 1.82) is 0 Å². The van der Waals surface area contributed by atoms with E-state index >= 15 is 0 Å². The molecule has 0 amide bonds. The van der Waals surface area contributed by atoms with Gasteiger partial charge in [-0.2, -0.15) is 0 Å². The lowest BCUT2D eigenvalue weighted by Crippen LogP contribution is -2.41. The predicted octanol–water partition coefficient (Wildman–Crippen LogP) is 3.08. The molecule has 1 aliphatic rings. The van der Waals surface area contributed by atoms with E-state index in [4.69, 9.17) is 15.2 Å². The first-order valence-corrected chi connectivity index (χ1v) is 12.9. The number of benzene rings is 2. The van der Waals surface area contributed by atoms with E-state index in [-0.39, 0.29) is 23.6 Å². The van der Waals surface area contributed by atoms with E-state index in [1.165, 1.54) is 11.7 Å². The molecule has 0 bridgehead atoms. The molecule has 35 heavy (non-hydrogen) atoms. The number of fused-ring (bicyclic) bond motifs is 1. The Labute approximate surface area is 221 Å². The third-order valence-corrected chi connectivity index (χ3v) is 7.59. The van der Waals surface area contributed by atoms with Crippen LogP contribution in [0.5, 0.6) is 0 Å². The zero-order chi connectivity index (χ0) is 25.3. The molecular weight excluding hydrogens is 600 g/mol. The summed E-state index contributed by atoms with van der Waals surface area (Å²) in [5.41, 5.74) is 7.60.